The second-order valence-corrected chi connectivity index (χ2v) is 7.62. The van der Waals surface area contributed by atoms with Crippen molar-refractivity contribution in [2.45, 2.75) is 6.54 Å². The van der Waals surface area contributed by atoms with E-state index in [1.165, 1.54) is 10.9 Å². The van der Waals surface area contributed by atoms with E-state index in [0.717, 1.165) is 21.8 Å². The molecule has 2 amide bonds. The van der Waals surface area contributed by atoms with E-state index in [2.05, 4.69) is 31.7 Å². The molecular weight excluding hydrogens is 422 g/mol. The van der Waals surface area contributed by atoms with Crippen molar-refractivity contribution in [2.75, 3.05) is 32.5 Å². The number of aromatic nitrogens is 2. The summed E-state index contributed by atoms with van der Waals surface area (Å²) in [5.74, 6) is -0.353. The van der Waals surface area contributed by atoms with Crippen LogP contribution in [0.25, 0.3) is 10.8 Å². The molecule has 7 nitrogen and oxygen atoms in total. The molecule has 0 aliphatic rings. The minimum Gasteiger partial charge on any atom is -0.353 e. The number of fused-ring (bicyclic) bond motifs is 1. The molecule has 8 heteroatoms. The lowest BCUT2D eigenvalue weighted by Crippen LogP contribution is -2.33. The van der Waals surface area contributed by atoms with Gasteiger partial charge < -0.3 is 15.5 Å². The van der Waals surface area contributed by atoms with Gasteiger partial charge in [0.1, 0.15) is 6.54 Å². The van der Waals surface area contributed by atoms with E-state index in [4.69, 9.17) is 0 Å². The number of carbonyl (C=O) groups is 2. The summed E-state index contributed by atoms with van der Waals surface area (Å²) >= 11 is 3.45. The predicted octanol–water partition coefficient (Wildman–Crippen LogP) is 2.73. The van der Waals surface area contributed by atoms with Crippen LogP contribution in [0.2, 0.25) is 0 Å². The predicted molar refractivity (Wildman–Crippen MR) is 113 cm³/mol. The van der Waals surface area contributed by atoms with Crippen molar-refractivity contribution in [3.8, 4) is 0 Å². The Hall–Kier alpha value is -2.71. The maximum Gasteiger partial charge on any atom is 0.256 e. The van der Waals surface area contributed by atoms with Crippen molar-refractivity contribution in [3.63, 3.8) is 0 Å². The van der Waals surface area contributed by atoms with Gasteiger partial charge in [0.25, 0.3) is 5.91 Å². The zero-order valence-electron chi connectivity index (χ0n) is 15.8. The molecule has 146 valence electrons. The molecule has 0 saturated heterocycles. The summed E-state index contributed by atoms with van der Waals surface area (Å²) in [4.78, 5) is 26.7. The van der Waals surface area contributed by atoms with Crippen LogP contribution < -0.4 is 10.6 Å². The Bertz CT molecular complexity index is 999. The van der Waals surface area contributed by atoms with Gasteiger partial charge in [-0.05, 0) is 37.0 Å². The van der Waals surface area contributed by atoms with Crippen LogP contribution in [0.5, 0.6) is 0 Å². The number of benzene rings is 2. The average Bonchev–Trinajstić information content (AvgIpc) is 3.07. The lowest BCUT2D eigenvalue weighted by atomic mass is 10.0. The molecule has 3 aromatic rings. The molecule has 0 bridgehead atoms. The number of nitrogens with one attached hydrogen (secondary N) is 2. The van der Waals surface area contributed by atoms with E-state index >= 15 is 0 Å². The van der Waals surface area contributed by atoms with Crippen LogP contribution in [0, 0.1) is 0 Å². The highest BCUT2D eigenvalue weighted by Crippen LogP contribution is 2.25. The summed E-state index contributed by atoms with van der Waals surface area (Å²) in [7, 11) is 3.90. The lowest BCUT2D eigenvalue weighted by Gasteiger charge is -2.10. The van der Waals surface area contributed by atoms with Gasteiger partial charge in [-0.1, -0.05) is 40.2 Å². The third-order valence-corrected chi connectivity index (χ3v) is 4.61. The number of rotatable bonds is 7. The van der Waals surface area contributed by atoms with Gasteiger partial charge in [-0.3, -0.25) is 14.3 Å². The van der Waals surface area contributed by atoms with E-state index in [0.29, 0.717) is 17.8 Å². The first-order valence-corrected chi connectivity index (χ1v) is 9.65. The quantitative estimate of drug-likeness (QED) is 0.588. The number of nitrogens with zero attached hydrogens (tertiary/aromatic N) is 3. The molecule has 0 spiro atoms. The normalized spacial score (nSPS) is 11.0. The van der Waals surface area contributed by atoms with Crippen molar-refractivity contribution < 1.29 is 9.59 Å². The fraction of sp³-hybridized carbons (Fsp3) is 0.250. The van der Waals surface area contributed by atoms with Crippen LogP contribution in [0.3, 0.4) is 0 Å². The van der Waals surface area contributed by atoms with Crippen molar-refractivity contribution >= 4 is 44.2 Å². The van der Waals surface area contributed by atoms with E-state index in [1.54, 1.807) is 12.3 Å². The van der Waals surface area contributed by atoms with Crippen molar-refractivity contribution in [3.05, 3.63) is 58.8 Å². The first kappa shape index (κ1) is 20.0. The number of carbonyl (C=O) groups excluding carboxylic acids is 2. The Morgan fingerprint density at radius 1 is 1.21 bits per heavy atom. The number of amides is 2. The monoisotopic (exact) mass is 443 g/mol. The fourth-order valence-corrected chi connectivity index (χ4v) is 3.27. The largest absolute Gasteiger partial charge is 0.353 e. The first-order valence-electron chi connectivity index (χ1n) is 8.86. The molecule has 3 rings (SSSR count). The fourth-order valence-electron chi connectivity index (χ4n) is 2.80. The SMILES string of the molecule is CN(C)CCNC(=O)Cn1cc(NC(=O)c2cc(Br)cc3ccccc23)cn1. The van der Waals surface area contributed by atoms with Gasteiger partial charge in [0.2, 0.25) is 5.91 Å². The number of hydrogen-bond acceptors (Lipinski definition) is 4. The second kappa shape index (κ2) is 8.99. The lowest BCUT2D eigenvalue weighted by molar-refractivity contribution is -0.121. The van der Waals surface area contributed by atoms with E-state index in [1.807, 2.05) is 49.3 Å². The molecule has 0 fully saturated rings. The molecule has 0 aliphatic heterocycles. The average molecular weight is 444 g/mol. The molecule has 0 aliphatic carbocycles. The molecule has 2 aromatic carbocycles. The van der Waals surface area contributed by atoms with Crippen LogP contribution in [0.1, 0.15) is 10.4 Å². The van der Waals surface area contributed by atoms with Crippen LogP contribution in [-0.2, 0) is 11.3 Å². The van der Waals surface area contributed by atoms with Crippen molar-refractivity contribution in [1.29, 1.82) is 0 Å². The second-order valence-electron chi connectivity index (χ2n) is 6.71. The Labute approximate surface area is 171 Å². The first-order chi connectivity index (χ1) is 13.4. The number of hydrogen-bond donors (Lipinski definition) is 2. The Morgan fingerprint density at radius 2 is 2.00 bits per heavy atom. The highest BCUT2D eigenvalue weighted by atomic mass is 79.9. The van der Waals surface area contributed by atoms with E-state index < -0.39 is 0 Å². The third-order valence-electron chi connectivity index (χ3n) is 4.15. The summed E-state index contributed by atoms with van der Waals surface area (Å²) in [6.07, 6.45) is 3.18. The van der Waals surface area contributed by atoms with Crippen LogP contribution >= 0.6 is 15.9 Å². The molecule has 1 heterocycles. The van der Waals surface area contributed by atoms with Gasteiger partial charge >= 0.3 is 0 Å². The summed E-state index contributed by atoms with van der Waals surface area (Å²) in [6, 6.07) is 11.5. The number of halogens is 1. The van der Waals surface area contributed by atoms with Crippen LogP contribution in [0.15, 0.2) is 53.3 Å². The maximum absolute atomic E-state index is 12.8. The van der Waals surface area contributed by atoms with E-state index in [-0.39, 0.29) is 18.4 Å². The zero-order valence-corrected chi connectivity index (χ0v) is 17.4. The van der Waals surface area contributed by atoms with Crippen LogP contribution in [0.4, 0.5) is 5.69 Å². The zero-order chi connectivity index (χ0) is 20.1. The maximum atomic E-state index is 12.8. The molecule has 0 saturated carbocycles. The van der Waals surface area contributed by atoms with Gasteiger partial charge in [0, 0.05) is 29.3 Å². The number of anilines is 1. The van der Waals surface area contributed by atoms with Gasteiger partial charge in [0.15, 0.2) is 0 Å². The highest BCUT2D eigenvalue weighted by Gasteiger charge is 2.13. The summed E-state index contributed by atoms with van der Waals surface area (Å²) < 4.78 is 2.33. The molecule has 0 unspecified atom stereocenters. The Kier molecular flexibility index (Phi) is 6.43. The summed E-state index contributed by atoms with van der Waals surface area (Å²) in [6.45, 7) is 1.45. The molecule has 0 atom stereocenters. The van der Waals surface area contributed by atoms with Gasteiger partial charge in [-0.15, -0.1) is 0 Å². The standard InChI is InChI=1S/C20H22BrN5O2/c1-25(2)8-7-22-19(27)13-26-12-16(11-23-26)24-20(28)18-10-15(21)9-14-5-3-4-6-17(14)18/h3-6,9-12H,7-8,13H2,1-2H3,(H,22,27)(H,24,28). The smallest absolute Gasteiger partial charge is 0.256 e. The van der Waals surface area contributed by atoms with Gasteiger partial charge in [0.05, 0.1) is 11.9 Å². The van der Waals surface area contributed by atoms with Gasteiger partial charge in [-0.25, -0.2) is 0 Å². The third kappa shape index (κ3) is 5.17. The minimum absolute atomic E-state index is 0.100. The molecule has 28 heavy (non-hydrogen) atoms. The molecule has 1 aromatic heterocycles. The minimum atomic E-state index is -0.229. The van der Waals surface area contributed by atoms with Crippen molar-refractivity contribution in [1.82, 2.24) is 20.0 Å². The topological polar surface area (TPSA) is 79.3 Å². The number of likely N-dealkylation sites (N-methyl/N-ethyl adjacent to an activating group) is 1. The van der Waals surface area contributed by atoms with Gasteiger partial charge in [-0.2, -0.15) is 5.10 Å². The Morgan fingerprint density at radius 3 is 2.79 bits per heavy atom. The molecular formula is C20H22BrN5O2. The molecule has 0 radical (unpaired) electrons. The summed E-state index contributed by atoms with van der Waals surface area (Å²) in [5.41, 5.74) is 1.11. The van der Waals surface area contributed by atoms with E-state index in [9.17, 15) is 9.59 Å². The summed E-state index contributed by atoms with van der Waals surface area (Å²) in [5, 5.41) is 11.7. The molecule has 2 N–H and O–H groups in total. The highest BCUT2D eigenvalue weighted by molar-refractivity contribution is 9.10. The van der Waals surface area contributed by atoms with Crippen LogP contribution in [-0.4, -0.2) is 53.7 Å². The van der Waals surface area contributed by atoms with Crippen molar-refractivity contribution in [2.24, 2.45) is 0 Å². The Balaban J connectivity index is 1.65.